The molecular formula is C15H25N3O4. The predicted molar refractivity (Wildman–Crippen MR) is 80.5 cm³/mol. The molecule has 0 aliphatic carbocycles. The second kappa shape index (κ2) is 10.6. The topological polar surface area (TPSA) is 108 Å². The summed E-state index contributed by atoms with van der Waals surface area (Å²) in [5.41, 5.74) is 0. The fourth-order valence-corrected chi connectivity index (χ4v) is 2.00. The minimum Gasteiger partial charge on any atom is -0.467 e. The van der Waals surface area contributed by atoms with Gasteiger partial charge in [-0.25, -0.2) is 4.79 Å². The van der Waals surface area contributed by atoms with E-state index in [1.165, 1.54) is 14.0 Å². The molecule has 0 radical (unpaired) electrons. The van der Waals surface area contributed by atoms with Crippen LogP contribution in [0.4, 0.5) is 0 Å². The third-order valence-corrected chi connectivity index (χ3v) is 2.98. The summed E-state index contributed by atoms with van der Waals surface area (Å²) >= 11 is 0. The number of nitrogens with zero attached hydrogens (tertiary/aromatic N) is 1. The summed E-state index contributed by atoms with van der Waals surface area (Å²) in [4.78, 5) is 35.2. The van der Waals surface area contributed by atoms with Crippen LogP contribution in [0.1, 0.15) is 46.5 Å². The van der Waals surface area contributed by atoms with Gasteiger partial charge in [-0.2, -0.15) is 5.26 Å². The molecule has 2 amide bonds. The number of rotatable bonds is 9. The van der Waals surface area contributed by atoms with Crippen molar-refractivity contribution in [1.29, 1.82) is 5.26 Å². The molecule has 0 aliphatic heterocycles. The molecule has 0 bridgehead atoms. The molecule has 0 aromatic heterocycles. The zero-order chi connectivity index (χ0) is 17.1. The fraction of sp³-hybridized carbons (Fsp3) is 0.733. The van der Waals surface area contributed by atoms with E-state index >= 15 is 0 Å². The van der Waals surface area contributed by atoms with Crippen molar-refractivity contribution in [1.82, 2.24) is 10.6 Å². The molecule has 0 saturated heterocycles. The molecular weight excluding hydrogens is 286 g/mol. The van der Waals surface area contributed by atoms with Crippen LogP contribution in [-0.4, -0.2) is 37.0 Å². The third-order valence-electron chi connectivity index (χ3n) is 2.98. The van der Waals surface area contributed by atoms with Crippen molar-refractivity contribution in [3.8, 4) is 6.07 Å². The molecule has 0 aliphatic rings. The van der Waals surface area contributed by atoms with Crippen LogP contribution in [0.25, 0.3) is 0 Å². The first-order valence-corrected chi connectivity index (χ1v) is 7.34. The first-order chi connectivity index (χ1) is 10.3. The van der Waals surface area contributed by atoms with Gasteiger partial charge in [-0.1, -0.05) is 13.8 Å². The molecule has 0 saturated carbocycles. The van der Waals surface area contributed by atoms with Gasteiger partial charge in [0.1, 0.15) is 12.1 Å². The van der Waals surface area contributed by atoms with E-state index in [1.54, 1.807) is 0 Å². The summed E-state index contributed by atoms with van der Waals surface area (Å²) in [7, 11) is 1.24. The number of amides is 2. The van der Waals surface area contributed by atoms with Gasteiger partial charge in [-0.15, -0.1) is 0 Å². The molecule has 0 aromatic carbocycles. The van der Waals surface area contributed by atoms with Crippen LogP contribution in [0.3, 0.4) is 0 Å². The molecule has 0 unspecified atom stereocenters. The summed E-state index contributed by atoms with van der Waals surface area (Å²) in [6.07, 6.45) is 1.56. The van der Waals surface area contributed by atoms with Crippen molar-refractivity contribution in [3.05, 3.63) is 0 Å². The van der Waals surface area contributed by atoms with E-state index in [2.05, 4.69) is 15.4 Å². The SMILES string of the molecule is COC(=O)[C@H](CCCC#N)NC(=O)[C@H](CC(C)C)NC(C)=O. The summed E-state index contributed by atoms with van der Waals surface area (Å²) in [6.45, 7) is 5.21. The average Bonchev–Trinajstić information content (AvgIpc) is 2.43. The zero-order valence-corrected chi connectivity index (χ0v) is 13.6. The number of carbonyl (C=O) groups is 3. The Morgan fingerprint density at radius 3 is 2.27 bits per heavy atom. The van der Waals surface area contributed by atoms with Gasteiger partial charge in [0.25, 0.3) is 0 Å². The van der Waals surface area contributed by atoms with Crippen LogP contribution >= 0.6 is 0 Å². The van der Waals surface area contributed by atoms with E-state index in [9.17, 15) is 14.4 Å². The molecule has 124 valence electrons. The zero-order valence-electron chi connectivity index (χ0n) is 13.6. The lowest BCUT2D eigenvalue weighted by Gasteiger charge is -2.22. The summed E-state index contributed by atoms with van der Waals surface area (Å²) in [5, 5.41) is 13.7. The minimum atomic E-state index is -0.811. The number of ether oxygens (including phenoxy) is 1. The number of hydrogen-bond acceptors (Lipinski definition) is 5. The number of hydrogen-bond donors (Lipinski definition) is 2. The van der Waals surface area contributed by atoms with Crippen molar-refractivity contribution < 1.29 is 19.1 Å². The Morgan fingerprint density at radius 1 is 1.18 bits per heavy atom. The Hall–Kier alpha value is -2.10. The molecule has 0 fully saturated rings. The highest BCUT2D eigenvalue weighted by Gasteiger charge is 2.26. The van der Waals surface area contributed by atoms with Gasteiger partial charge in [0, 0.05) is 13.3 Å². The van der Waals surface area contributed by atoms with E-state index in [-0.39, 0.29) is 11.8 Å². The van der Waals surface area contributed by atoms with Gasteiger partial charge in [-0.05, 0) is 25.2 Å². The first kappa shape index (κ1) is 19.9. The molecule has 0 spiro atoms. The molecule has 2 N–H and O–H groups in total. The Labute approximate surface area is 131 Å². The molecule has 22 heavy (non-hydrogen) atoms. The highest BCUT2D eigenvalue weighted by molar-refractivity contribution is 5.90. The van der Waals surface area contributed by atoms with Gasteiger partial charge >= 0.3 is 5.97 Å². The largest absolute Gasteiger partial charge is 0.467 e. The number of methoxy groups -OCH3 is 1. The Morgan fingerprint density at radius 2 is 1.82 bits per heavy atom. The highest BCUT2D eigenvalue weighted by atomic mass is 16.5. The molecule has 7 heteroatoms. The van der Waals surface area contributed by atoms with E-state index in [0.29, 0.717) is 25.7 Å². The second-order valence-electron chi connectivity index (χ2n) is 5.52. The van der Waals surface area contributed by atoms with Gasteiger partial charge in [0.05, 0.1) is 13.2 Å². The lowest BCUT2D eigenvalue weighted by atomic mass is 10.0. The summed E-state index contributed by atoms with van der Waals surface area (Å²) in [6, 6.07) is 0.482. The van der Waals surface area contributed by atoms with Gasteiger partial charge in [0.15, 0.2) is 0 Å². The Bertz CT molecular complexity index is 429. The maximum Gasteiger partial charge on any atom is 0.328 e. The van der Waals surface area contributed by atoms with E-state index in [0.717, 1.165) is 0 Å². The van der Waals surface area contributed by atoms with E-state index < -0.39 is 24.0 Å². The fourth-order valence-electron chi connectivity index (χ4n) is 2.00. The quantitative estimate of drug-likeness (QED) is 0.485. The monoisotopic (exact) mass is 311 g/mol. The normalized spacial score (nSPS) is 12.9. The van der Waals surface area contributed by atoms with Crippen molar-refractivity contribution in [2.45, 2.75) is 58.5 Å². The van der Waals surface area contributed by atoms with Crippen LogP contribution in [0.2, 0.25) is 0 Å². The Kier molecular flexibility index (Phi) is 9.59. The van der Waals surface area contributed by atoms with Crippen LogP contribution < -0.4 is 10.6 Å². The van der Waals surface area contributed by atoms with Crippen molar-refractivity contribution in [2.75, 3.05) is 7.11 Å². The number of unbranched alkanes of at least 4 members (excludes halogenated alkanes) is 1. The average molecular weight is 311 g/mol. The smallest absolute Gasteiger partial charge is 0.328 e. The minimum absolute atomic E-state index is 0.206. The van der Waals surface area contributed by atoms with Gasteiger partial charge in [-0.3, -0.25) is 9.59 Å². The van der Waals surface area contributed by atoms with Crippen LogP contribution in [0, 0.1) is 17.2 Å². The molecule has 7 nitrogen and oxygen atoms in total. The number of esters is 1. The first-order valence-electron chi connectivity index (χ1n) is 7.34. The van der Waals surface area contributed by atoms with Gasteiger partial charge in [0.2, 0.25) is 11.8 Å². The third kappa shape index (κ3) is 8.25. The van der Waals surface area contributed by atoms with E-state index in [1.807, 2.05) is 19.9 Å². The van der Waals surface area contributed by atoms with Crippen LogP contribution in [-0.2, 0) is 19.1 Å². The van der Waals surface area contributed by atoms with Crippen LogP contribution in [0.5, 0.6) is 0 Å². The summed E-state index contributed by atoms with van der Waals surface area (Å²) in [5.74, 6) is -1.08. The molecule has 0 rings (SSSR count). The van der Waals surface area contributed by atoms with Crippen molar-refractivity contribution >= 4 is 17.8 Å². The molecule has 0 aromatic rings. The standard InChI is InChI=1S/C15H25N3O4/c1-10(2)9-13(17-11(3)19)14(20)18-12(15(21)22-4)7-5-6-8-16/h10,12-13H,5-7,9H2,1-4H3,(H,17,19)(H,18,20)/t12-,13-/m0/s1. The lowest BCUT2D eigenvalue weighted by molar-refractivity contribution is -0.145. The predicted octanol–water partition coefficient (Wildman–Crippen LogP) is 0.889. The lowest BCUT2D eigenvalue weighted by Crippen LogP contribution is -2.51. The van der Waals surface area contributed by atoms with Crippen molar-refractivity contribution in [3.63, 3.8) is 0 Å². The number of carbonyl (C=O) groups excluding carboxylic acids is 3. The maximum absolute atomic E-state index is 12.3. The second-order valence-corrected chi connectivity index (χ2v) is 5.52. The van der Waals surface area contributed by atoms with Gasteiger partial charge < -0.3 is 15.4 Å². The van der Waals surface area contributed by atoms with Crippen molar-refractivity contribution in [2.24, 2.45) is 5.92 Å². The summed E-state index contributed by atoms with van der Waals surface area (Å²) < 4.78 is 4.66. The highest BCUT2D eigenvalue weighted by Crippen LogP contribution is 2.08. The maximum atomic E-state index is 12.3. The molecule has 0 heterocycles. The van der Waals surface area contributed by atoms with E-state index in [4.69, 9.17) is 5.26 Å². The molecule has 2 atom stereocenters. The number of nitrogens with one attached hydrogen (secondary N) is 2. The number of nitriles is 1. The van der Waals surface area contributed by atoms with Crippen LogP contribution in [0.15, 0.2) is 0 Å². The Balaban J connectivity index is 4.82.